The molecule has 2 aliphatic rings. The average molecular weight is 369 g/mol. The Kier molecular flexibility index (Phi) is 4.50. The highest BCUT2D eigenvalue weighted by molar-refractivity contribution is 8.16. The van der Waals surface area contributed by atoms with Crippen LogP contribution >= 0.6 is 11.8 Å². The average Bonchev–Trinajstić information content (AvgIpc) is 3.05. The van der Waals surface area contributed by atoms with Gasteiger partial charge in [-0.1, -0.05) is 23.9 Å². The third-order valence-electron chi connectivity index (χ3n) is 4.47. The quantitative estimate of drug-likeness (QED) is 0.890. The Bertz CT molecular complexity index is 981. The van der Waals surface area contributed by atoms with Gasteiger partial charge in [-0.3, -0.25) is 14.6 Å². The molecule has 0 fully saturated rings. The minimum atomic E-state index is -0.185. The smallest absolute Gasteiger partial charge is 0.258 e. The van der Waals surface area contributed by atoms with Gasteiger partial charge in [0.25, 0.3) is 5.56 Å². The van der Waals surface area contributed by atoms with Crippen molar-refractivity contribution in [2.24, 2.45) is 4.99 Å². The molecule has 4 rings (SSSR count). The molecule has 0 atom stereocenters. The van der Waals surface area contributed by atoms with Crippen molar-refractivity contribution in [3.63, 3.8) is 0 Å². The third-order valence-corrected chi connectivity index (χ3v) is 5.42. The number of aromatic nitrogens is 2. The maximum Gasteiger partial charge on any atom is 0.258 e. The molecule has 1 aromatic heterocycles. The second-order valence-corrected chi connectivity index (χ2v) is 7.19. The summed E-state index contributed by atoms with van der Waals surface area (Å²) in [6.07, 6.45) is 1.33. The van der Waals surface area contributed by atoms with E-state index in [0.29, 0.717) is 23.1 Å². The van der Waals surface area contributed by atoms with E-state index in [4.69, 9.17) is 0 Å². The molecule has 0 aliphatic carbocycles. The summed E-state index contributed by atoms with van der Waals surface area (Å²) < 4.78 is 0. The minimum absolute atomic E-state index is 0.0144. The predicted octanol–water partition coefficient (Wildman–Crippen LogP) is 1.92. The zero-order chi connectivity index (χ0) is 18.1. The van der Waals surface area contributed by atoms with Gasteiger partial charge in [0.05, 0.1) is 23.9 Å². The van der Waals surface area contributed by atoms with Gasteiger partial charge in [-0.05, 0) is 24.0 Å². The Morgan fingerprint density at radius 2 is 2.23 bits per heavy atom. The molecule has 0 bridgehead atoms. The number of H-pyrrole nitrogens is 1. The highest BCUT2D eigenvalue weighted by Gasteiger charge is 2.27. The predicted molar refractivity (Wildman–Crippen MR) is 103 cm³/mol. The lowest BCUT2D eigenvalue weighted by Crippen LogP contribution is -2.33. The Labute approximate surface area is 154 Å². The fourth-order valence-electron chi connectivity index (χ4n) is 3.09. The molecule has 0 unspecified atom stereocenters. The largest absolute Gasteiger partial charge is 0.338 e. The molecule has 1 N–H and O–H groups in total. The molecule has 1 aromatic carbocycles. The van der Waals surface area contributed by atoms with Crippen LogP contribution in [0, 0.1) is 0 Å². The molecule has 0 saturated heterocycles. The van der Waals surface area contributed by atoms with E-state index in [1.807, 2.05) is 11.5 Å². The van der Waals surface area contributed by atoms with Gasteiger partial charge in [-0.15, -0.1) is 0 Å². The van der Waals surface area contributed by atoms with E-state index >= 15 is 0 Å². The number of hydrogen-bond donors (Lipinski definition) is 1. The first kappa shape index (κ1) is 16.8. The van der Waals surface area contributed by atoms with Crippen LogP contribution in [0.5, 0.6) is 0 Å². The van der Waals surface area contributed by atoms with E-state index in [0.717, 1.165) is 30.4 Å². The summed E-state index contributed by atoms with van der Waals surface area (Å²) in [5.41, 5.74) is 1.44. The van der Waals surface area contributed by atoms with Crippen LogP contribution in [0.3, 0.4) is 0 Å². The van der Waals surface area contributed by atoms with E-state index in [9.17, 15) is 9.59 Å². The van der Waals surface area contributed by atoms with Gasteiger partial charge >= 0.3 is 0 Å². The first-order valence-electron chi connectivity index (χ1n) is 8.51. The van der Waals surface area contributed by atoms with Crippen molar-refractivity contribution in [2.75, 3.05) is 20.1 Å². The molecular weight excluding hydrogens is 350 g/mol. The van der Waals surface area contributed by atoms with Gasteiger partial charge in [0.1, 0.15) is 5.82 Å². The highest BCUT2D eigenvalue weighted by Crippen LogP contribution is 2.30. The second kappa shape index (κ2) is 6.95. The number of thioether (sulfide) groups is 1. The van der Waals surface area contributed by atoms with Crippen LogP contribution in [-0.2, 0) is 11.3 Å². The normalized spacial score (nSPS) is 16.3. The fourth-order valence-corrected chi connectivity index (χ4v) is 4.04. The second-order valence-electron chi connectivity index (χ2n) is 6.35. The lowest BCUT2D eigenvalue weighted by Gasteiger charge is -2.26. The number of para-hydroxylation sites is 1. The Morgan fingerprint density at radius 3 is 3.12 bits per heavy atom. The number of carbonyl (C=O) groups is 1. The van der Waals surface area contributed by atoms with Crippen LogP contribution in [0.4, 0.5) is 0 Å². The van der Waals surface area contributed by atoms with Gasteiger partial charge in [0.2, 0.25) is 5.91 Å². The molecule has 2 aliphatic heterocycles. The molecule has 0 spiro atoms. The number of amidine groups is 1. The Morgan fingerprint density at radius 1 is 1.38 bits per heavy atom. The van der Waals surface area contributed by atoms with Crippen molar-refractivity contribution in [1.82, 2.24) is 19.8 Å². The van der Waals surface area contributed by atoms with Crippen molar-refractivity contribution in [2.45, 2.75) is 19.4 Å². The Hall–Kier alpha value is -2.61. The summed E-state index contributed by atoms with van der Waals surface area (Å²) in [7, 11) is 1.73. The molecule has 0 saturated carbocycles. The van der Waals surface area contributed by atoms with E-state index in [2.05, 4.69) is 19.9 Å². The fraction of sp³-hybridized carbons (Fsp3) is 0.333. The zero-order valence-corrected chi connectivity index (χ0v) is 15.3. The van der Waals surface area contributed by atoms with Crippen molar-refractivity contribution < 1.29 is 4.79 Å². The first-order chi connectivity index (χ1) is 12.6. The molecule has 26 heavy (non-hydrogen) atoms. The van der Waals surface area contributed by atoms with Crippen LogP contribution in [-0.4, -0.2) is 51.0 Å². The lowest BCUT2D eigenvalue weighted by atomic mass is 10.2. The van der Waals surface area contributed by atoms with Gasteiger partial charge in [-0.2, -0.15) is 0 Å². The molecule has 8 heteroatoms. The highest BCUT2D eigenvalue weighted by atomic mass is 32.2. The number of carbonyl (C=O) groups excluding carboxylic acids is 1. The summed E-state index contributed by atoms with van der Waals surface area (Å²) in [6, 6.07) is 7.19. The van der Waals surface area contributed by atoms with Crippen LogP contribution in [0.25, 0.3) is 10.9 Å². The first-order valence-corrected chi connectivity index (χ1v) is 9.39. The minimum Gasteiger partial charge on any atom is -0.338 e. The standard InChI is InChI=1S/C18H19N5O2S/c1-22(10-15-20-14-6-3-2-5-13(14)17(25)21-15)16(24)9-12-11-26-18-19-7-4-8-23(12)18/h2-3,5-6,11H,4,7-10H2,1H3,(H,20,21,25). The number of hydrogen-bond acceptors (Lipinski definition) is 6. The van der Waals surface area contributed by atoms with Gasteiger partial charge in [0, 0.05) is 25.8 Å². The van der Waals surface area contributed by atoms with Crippen molar-refractivity contribution in [3.8, 4) is 0 Å². The van der Waals surface area contributed by atoms with Gasteiger partial charge < -0.3 is 14.8 Å². The summed E-state index contributed by atoms with van der Waals surface area (Å²) in [4.78, 5) is 40.2. The number of amides is 1. The number of rotatable bonds is 4. The molecule has 134 valence electrons. The van der Waals surface area contributed by atoms with Crippen molar-refractivity contribution >= 4 is 33.7 Å². The topological polar surface area (TPSA) is 81.7 Å². The number of fused-ring (bicyclic) bond motifs is 2. The molecule has 3 heterocycles. The molecular formula is C18H19N5O2S. The van der Waals surface area contributed by atoms with E-state index in [-0.39, 0.29) is 18.0 Å². The zero-order valence-electron chi connectivity index (χ0n) is 14.4. The van der Waals surface area contributed by atoms with Crippen molar-refractivity contribution in [1.29, 1.82) is 0 Å². The summed E-state index contributed by atoms with van der Waals surface area (Å²) in [6.45, 7) is 2.03. The van der Waals surface area contributed by atoms with E-state index in [1.54, 1.807) is 41.9 Å². The number of aliphatic imine (C=N–C) groups is 1. The van der Waals surface area contributed by atoms with Crippen LogP contribution in [0.2, 0.25) is 0 Å². The maximum absolute atomic E-state index is 12.6. The number of nitrogens with zero attached hydrogens (tertiary/aromatic N) is 4. The Balaban J connectivity index is 1.46. The maximum atomic E-state index is 12.6. The number of aromatic amines is 1. The summed E-state index contributed by atoms with van der Waals surface area (Å²) >= 11 is 1.58. The number of nitrogens with one attached hydrogen (secondary N) is 1. The van der Waals surface area contributed by atoms with Crippen LogP contribution < -0.4 is 5.56 Å². The monoisotopic (exact) mass is 369 g/mol. The molecule has 0 radical (unpaired) electrons. The van der Waals surface area contributed by atoms with Gasteiger partial charge in [-0.25, -0.2) is 4.98 Å². The van der Waals surface area contributed by atoms with E-state index in [1.165, 1.54) is 0 Å². The molecule has 2 aromatic rings. The number of benzene rings is 1. The van der Waals surface area contributed by atoms with E-state index < -0.39 is 0 Å². The van der Waals surface area contributed by atoms with Crippen LogP contribution in [0.15, 0.2) is 45.2 Å². The summed E-state index contributed by atoms with van der Waals surface area (Å²) in [5, 5.41) is 3.55. The SMILES string of the molecule is CN(Cc1nc2ccccc2c(=O)[nH]1)C(=O)CC1=CSC2=NCCCN12. The molecule has 7 nitrogen and oxygen atoms in total. The third kappa shape index (κ3) is 3.24. The molecule has 1 amide bonds. The summed E-state index contributed by atoms with van der Waals surface area (Å²) in [5.74, 6) is 0.471. The lowest BCUT2D eigenvalue weighted by molar-refractivity contribution is -0.130. The van der Waals surface area contributed by atoms with Crippen molar-refractivity contribution in [3.05, 3.63) is 51.5 Å². The van der Waals surface area contributed by atoms with Crippen LogP contribution in [0.1, 0.15) is 18.7 Å². The van der Waals surface area contributed by atoms with Gasteiger partial charge in [0.15, 0.2) is 5.17 Å².